The maximum Gasteiger partial charge on any atom is 0.220 e. The van der Waals surface area contributed by atoms with E-state index in [1.807, 2.05) is 24.3 Å². The average molecular weight is 340 g/mol. The minimum absolute atomic E-state index is 0.0119. The quantitative estimate of drug-likeness (QED) is 0.836. The van der Waals surface area contributed by atoms with Crippen LogP contribution in [0, 0.1) is 5.92 Å². The molecule has 0 radical (unpaired) electrons. The fourth-order valence-electron chi connectivity index (χ4n) is 2.76. The number of aryl methyl sites for hydroxylation is 1. The fraction of sp³-hybridized carbons (Fsp3) is 0.562. The van der Waals surface area contributed by atoms with Crippen LogP contribution >= 0.6 is 15.9 Å². The van der Waals surface area contributed by atoms with Crippen LogP contribution in [-0.2, 0) is 11.2 Å². The number of carbonyl (C=O) groups is 1. The minimum atomic E-state index is -0.384. The summed E-state index contributed by atoms with van der Waals surface area (Å²) in [6.45, 7) is 0.388. The van der Waals surface area contributed by atoms with Crippen molar-refractivity contribution in [1.82, 2.24) is 5.32 Å². The zero-order valence-electron chi connectivity index (χ0n) is 11.6. The molecular formula is C16H22BrNO2. The summed E-state index contributed by atoms with van der Waals surface area (Å²) in [5.41, 5.74) is 1.14. The van der Waals surface area contributed by atoms with Crippen LogP contribution in [0.25, 0.3) is 0 Å². The molecule has 1 atom stereocenters. The lowest BCUT2D eigenvalue weighted by Gasteiger charge is -2.18. The highest BCUT2D eigenvalue weighted by molar-refractivity contribution is 9.10. The molecule has 0 heterocycles. The van der Waals surface area contributed by atoms with Gasteiger partial charge in [-0.05, 0) is 36.8 Å². The van der Waals surface area contributed by atoms with Crippen molar-refractivity contribution in [3.05, 3.63) is 34.3 Å². The highest BCUT2D eigenvalue weighted by atomic mass is 79.9. The Kier molecular flexibility index (Phi) is 6.05. The molecule has 1 aromatic rings. The van der Waals surface area contributed by atoms with E-state index in [9.17, 15) is 9.90 Å². The number of halogens is 1. The Bertz CT molecular complexity index is 444. The first kappa shape index (κ1) is 15.5. The second kappa shape index (κ2) is 7.79. The van der Waals surface area contributed by atoms with E-state index in [1.54, 1.807) is 0 Å². The molecule has 1 aromatic carbocycles. The standard InChI is InChI=1S/C16H22BrNO2/c17-14-8-4-3-5-12(14)9-10-16(20)18-11-15(19)13-6-1-2-7-13/h3-5,8,13,15,19H,1-2,6-7,9-11H2,(H,18,20). The van der Waals surface area contributed by atoms with Gasteiger partial charge in [-0.3, -0.25) is 4.79 Å². The number of aliphatic hydroxyl groups excluding tert-OH is 1. The van der Waals surface area contributed by atoms with E-state index in [0.717, 1.165) is 22.9 Å². The molecule has 20 heavy (non-hydrogen) atoms. The number of rotatable bonds is 6. The monoisotopic (exact) mass is 339 g/mol. The molecule has 1 aliphatic rings. The normalized spacial score (nSPS) is 17.1. The first-order chi connectivity index (χ1) is 9.66. The molecular weight excluding hydrogens is 318 g/mol. The van der Waals surface area contributed by atoms with Crippen LogP contribution in [0.5, 0.6) is 0 Å². The van der Waals surface area contributed by atoms with Crippen LogP contribution < -0.4 is 5.32 Å². The Morgan fingerprint density at radius 1 is 1.35 bits per heavy atom. The van der Waals surface area contributed by atoms with E-state index < -0.39 is 0 Å². The summed E-state index contributed by atoms with van der Waals surface area (Å²) >= 11 is 3.48. The largest absolute Gasteiger partial charge is 0.391 e. The van der Waals surface area contributed by atoms with Gasteiger partial charge in [0.05, 0.1) is 6.10 Å². The van der Waals surface area contributed by atoms with E-state index in [-0.39, 0.29) is 12.0 Å². The zero-order valence-corrected chi connectivity index (χ0v) is 13.2. The molecule has 1 amide bonds. The second-order valence-corrected chi connectivity index (χ2v) is 6.36. The van der Waals surface area contributed by atoms with Crippen LogP contribution in [-0.4, -0.2) is 23.7 Å². The topological polar surface area (TPSA) is 49.3 Å². The van der Waals surface area contributed by atoms with E-state index >= 15 is 0 Å². The Hall–Kier alpha value is -0.870. The number of nitrogens with one attached hydrogen (secondary N) is 1. The number of benzene rings is 1. The number of hydrogen-bond donors (Lipinski definition) is 2. The average Bonchev–Trinajstić information content (AvgIpc) is 2.98. The SMILES string of the molecule is O=C(CCc1ccccc1Br)NCC(O)C1CCCC1. The molecule has 0 aromatic heterocycles. The van der Waals surface area contributed by atoms with Gasteiger partial charge < -0.3 is 10.4 Å². The van der Waals surface area contributed by atoms with E-state index in [1.165, 1.54) is 12.8 Å². The summed E-state index contributed by atoms with van der Waals surface area (Å²) in [6.07, 6.45) is 5.38. The summed E-state index contributed by atoms with van der Waals surface area (Å²) in [5, 5.41) is 12.8. The van der Waals surface area contributed by atoms with Crippen LogP contribution in [0.1, 0.15) is 37.7 Å². The van der Waals surface area contributed by atoms with Gasteiger partial charge >= 0.3 is 0 Å². The number of carbonyl (C=O) groups excluding carboxylic acids is 1. The zero-order chi connectivity index (χ0) is 14.4. The van der Waals surface area contributed by atoms with E-state index in [2.05, 4.69) is 21.2 Å². The third-order valence-electron chi connectivity index (χ3n) is 4.03. The minimum Gasteiger partial charge on any atom is -0.391 e. The molecule has 1 fully saturated rings. The molecule has 1 saturated carbocycles. The van der Waals surface area contributed by atoms with Crippen molar-refractivity contribution in [2.45, 2.75) is 44.6 Å². The van der Waals surface area contributed by atoms with Crippen LogP contribution in [0.15, 0.2) is 28.7 Å². The first-order valence-corrected chi connectivity index (χ1v) is 8.14. The number of amides is 1. The summed E-state index contributed by atoms with van der Waals surface area (Å²) in [7, 11) is 0. The van der Waals surface area contributed by atoms with Crippen molar-refractivity contribution in [1.29, 1.82) is 0 Å². The number of hydrogen-bond acceptors (Lipinski definition) is 2. The lowest BCUT2D eigenvalue weighted by molar-refractivity contribution is -0.121. The molecule has 4 heteroatoms. The maximum absolute atomic E-state index is 11.8. The molecule has 2 rings (SSSR count). The lowest BCUT2D eigenvalue weighted by Crippen LogP contribution is -2.35. The van der Waals surface area contributed by atoms with Gasteiger partial charge in [-0.1, -0.05) is 47.0 Å². The van der Waals surface area contributed by atoms with Crippen molar-refractivity contribution in [3.63, 3.8) is 0 Å². The molecule has 3 nitrogen and oxygen atoms in total. The van der Waals surface area contributed by atoms with Gasteiger partial charge in [-0.25, -0.2) is 0 Å². The Labute approximate surface area is 128 Å². The van der Waals surface area contributed by atoms with Gasteiger partial charge in [-0.15, -0.1) is 0 Å². The van der Waals surface area contributed by atoms with E-state index in [0.29, 0.717) is 25.3 Å². The van der Waals surface area contributed by atoms with Crippen molar-refractivity contribution >= 4 is 21.8 Å². The third kappa shape index (κ3) is 4.60. The molecule has 0 bridgehead atoms. The van der Waals surface area contributed by atoms with Crippen molar-refractivity contribution in [3.8, 4) is 0 Å². The van der Waals surface area contributed by atoms with E-state index in [4.69, 9.17) is 0 Å². The predicted molar refractivity (Wildman–Crippen MR) is 83.4 cm³/mol. The van der Waals surface area contributed by atoms with Gasteiger partial charge in [0.25, 0.3) is 0 Å². The fourth-order valence-corrected chi connectivity index (χ4v) is 3.25. The summed E-state index contributed by atoms with van der Waals surface area (Å²) in [6, 6.07) is 7.94. The van der Waals surface area contributed by atoms with Gasteiger partial charge in [-0.2, -0.15) is 0 Å². The van der Waals surface area contributed by atoms with Crippen LogP contribution in [0.2, 0.25) is 0 Å². The maximum atomic E-state index is 11.8. The van der Waals surface area contributed by atoms with Gasteiger partial charge in [0.15, 0.2) is 0 Å². The van der Waals surface area contributed by atoms with Crippen molar-refractivity contribution in [2.24, 2.45) is 5.92 Å². The van der Waals surface area contributed by atoms with Crippen molar-refractivity contribution in [2.75, 3.05) is 6.54 Å². The highest BCUT2D eigenvalue weighted by Gasteiger charge is 2.23. The molecule has 0 saturated heterocycles. The summed E-state index contributed by atoms with van der Waals surface area (Å²) in [5.74, 6) is 0.386. The van der Waals surface area contributed by atoms with Gasteiger partial charge in [0, 0.05) is 17.4 Å². The molecule has 0 spiro atoms. The van der Waals surface area contributed by atoms with Crippen LogP contribution in [0.4, 0.5) is 0 Å². The van der Waals surface area contributed by atoms with Crippen LogP contribution in [0.3, 0.4) is 0 Å². The summed E-state index contributed by atoms with van der Waals surface area (Å²) in [4.78, 5) is 11.8. The third-order valence-corrected chi connectivity index (χ3v) is 4.81. The lowest BCUT2D eigenvalue weighted by atomic mass is 10.0. The molecule has 1 aliphatic carbocycles. The number of aliphatic hydroxyl groups is 1. The predicted octanol–water partition coefficient (Wildman–Crippen LogP) is 3.05. The summed E-state index contributed by atoms with van der Waals surface area (Å²) < 4.78 is 1.04. The van der Waals surface area contributed by atoms with Gasteiger partial charge in [0.1, 0.15) is 0 Å². The molecule has 0 aliphatic heterocycles. The molecule has 2 N–H and O–H groups in total. The molecule has 110 valence electrons. The second-order valence-electron chi connectivity index (χ2n) is 5.51. The smallest absolute Gasteiger partial charge is 0.220 e. The Morgan fingerprint density at radius 2 is 2.05 bits per heavy atom. The highest BCUT2D eigenvalue weighted by Crippen LogP contribution is 2.27. The molecule has 1 unspecified atom stereocenters. The Morgan fingerprint density at radius 3 is 2.75 bits per heavy atom. The van der Waals surface area contributed by atoms with Crippen molar-refractivity contribution < 1.29 is 9.90 Å². The Balaban J connectivity index is 1.69. The van der Waals surface area contributed by atoms with Gasteiger partial charge in [0.2, 0.25) is 5.91 Å². The first-order valence-electron chi connectivity index (χ1n) is 7.35.